The van der Waals surface area contributed by atoms with Gasteiger partial charge >= 0.3 is 0 Å². The van der Waals surface area contributed by atoms with E-state index < -0.39 is 0 Å². The van der Waals surface area contributed by atoms with Crippen LogP contribution in [0.1, 0.15) is 31.1 Å². The minimum absolute atomic E-state index is 0. The van der Waals surface area contributed by atoms with Crippen LogP contribution in [0.25, 0.3) is 0 Å². The van der Waals surface area contributed by atoms with E-state index in [9.17, 15) is 4.79 Å². The van der Waals surface area contributed by atoms with Crippen LogP contribution in [-0.4, -0.2) is 43.4 Å². The Morgan fingerprint density at radius 2 is 1.67 bits per heavy atom. The summed E-state index contributed by atoms with van der Waals surface area (Å²) in [5.41, 5.74) is 3.44. The average Bonchev–Trinajstić information content (AvgIpc) is 2.48. The van der Waals surface area contributed by atoms with E-state index in [2.05, 4.69) is 41.9 Å². The van der Waals surface area contributed by atoms with E-state index in [1.165, 1.54) is 11.3 Å². The first-order valence-corrected chi connectivity index (χ1v) is 7.30. The highest BCUT2D eigenvalue weighted by Crippen LogP contribution is 2.18. The van der Waals surface area contributed by atoms with Gasteiger partial charge in [0.15, 0.2) is 5.78 Å². The van der Waals surface area contributed by atoms with E-state index >= 15 is 0 Å². The molecule has 1 heterocycles. The molecular weight excluding hydrogens is 284 g/mol. The standard InChI is InChI=1S/C17H24N2O.ClH/c1-4-14(2)13-18-9-11-19(12-10-18)17-7-5-16(6-8-17)15(3)20;/h4-8H,9-13H2,1-3H3;1H. The van der Waals surface area contributed by atoms with E-state index in [1.807, 2.05) is 12.1 Å². The van der Waals surface area contributed by atoms with E-state index in [0.29, 0.717) is 0 Å². The van der Waals surface area contributed by atoms with Crippen molar-refractivity contribution >= 4 is 23.9 Å². The Bertz CT molecular complexity index is 488. The molecule has 0 aliphatic carbocycles. The zero-order chi connectivity index (χ0) is 14.5. The summed E-state index contributed by atoms with van der Waals surface area (Å²) in [4.78, 5) is 16.2. The van der Waals surface area contributed by atoms with Crippen LogP contribution in [0.3, 0.4) is 0 Å². The number of nitrogens with zero attached hydrogens (tertiary/aromatic N) is 2. The Balaban J connectivity index is 0.00000220. The maximum absolute atomic E-state index is 11.3. The molecular formula is C17H25ClN2O. The van der Waals surface area contributed by atoms with Crippen molar-refractivity contribution < 1.29 is 4.79 Å². The lowest BCUT2D eigenvalue weighted by atomic mass is 10.1. The summed E-state index contributed by atoms with van der Waals surface area (Å²) in [7, 11) is 0. The number of halogens is 1. The molecule has 0 bridgehead atoms. The Hall–Kier alpha value is -1.32. The van der Waals surface area contributed by atoms with Crippen molar-refractivity contribution in [2.24, 2.45) is 0 Å². The van der Waals surface area contributed by atoms with Crippen molar-refractivity contribution in [3.63, 3.8) is 0 Å². The number of anilines is 1. The van der Waals surface area contributed by atoms with Crippen molar-refractivity contribution in [2.75, 3.05) is 37.6 Å². The Labute approximate surface area is 134 Å². The molecule has 1 aromatic carbocycles. The number of benzene rings is 1. The fourth-order valence-electron chi connectivity index (χ4n) is 2.52. The van der Waals surface area contributed by atoms with Crippen molar-refractivity contribution in [1.82, 2.24) is 4.90 Å². The molecule has 1 fully saturated rings. The molecule has 21 heavy (non-hydrogen) atoms. The van der Waals surface area contributed by atoms with Crippen LogP contribution in [0.4, 0.5) is 5.69 Å². The number of hydrogen-bond acceptors (Lipinski definition) is 3. The maximum Gasteiger partial charge on any atom is 0.159 e. The van der Waals surface area contributed by atoms with E-state index in [1.54, 1.807) is 6.92 Å². The van der Waals surface area contributed by atoms with Gasteiger partial charge in [-0.15, -0.1) is 12.4 Å². The first kappa shape index (κ1) is 17.7. The molecule has 0 spiro atoms. The van der Waals surface area contributed by atoms with Crippen molar-refractivity contribution in [2.45, 2.75) is 20.8 Å². The van der Waals surface area contributed by atoms with Crippen LogP contribution in [0.2, 0.25) is 0 Å². The fraction of sp³-hybridized carbons (Fsp3) is 0.471. The first-order valence-electron chi connectivity index (χ1n) is 7.30. The third kappa shape index (κ3) is 4.87. The lowest BCUT2D eigenvalue weighted by Crippen LogP contribution is -2.46. The monoisotopic (exact) mass is 308 g/mol. The lowest BCUT2D eigenvalue weighted by Gasteiger charge is -2.36. The molecule has 1 aliphatic rings. The van der Waals surface area contributed by atoms with E-state index in [0.717, 1.165) is 38.3 Å². The molecule has 0 radical (unpaired) electrons. The molecule has 3 nitrogen and oxygen atoms in total. The largest absolute Gasteiger partial charge is 0.369 e. The van der Waals surface area contributed by atoms with E-state index in [-0.39, 0.29) is 18.2 Å². The molecule has 0 saturated carbocycles. The van der Waals surface area contributed by atoms with Crippen LogP contribution in [0.5, 0.6) is 0 Å². The van der Waals surface area contributed by atoms with Gasteiger partial charge in [0.05, 0.1) is 0 Å². The van der Waals surface area contributed by atoms with Gasteiger partial charge in [-0.25, -0.2) is 0 Å². The number of Topliss-reactive ketones (excluding diaryl/α,β-unsaturated/α-hetero) is 1. The topological polar surface area (TPSA) is 23.6 Å². The number of hydrogen-bond donors (Lipinski definition) is 0. The third-order valence-electron chi connectivity index (χ3n) is 3.98. The van der Waals surface area contributed by atoms with Crippen LogP contribution in [0, 0.1) is 0 Å². The van der Waals surface area contributed by atoms with Gasteiger partial charge in [-0.2, -0.15) is 0 Å². The quantitative estimate of drug-likeness (QED) is 0.629. The summed E-state index contributed by atoms with van der Waals surface area (Å²) < 4.78 is 0. The highest BCUT2D eigenvalue weighted by atomic mass is 35.5. The van der Waals surface area contributed by atoms with Crippen LogP contribution >= 0.6 is 12.4 Å². The van der Waals surface area contributed by atoms with Gasteiger partial charge in [0.1, 0.15) is 0 Å². The van der Waals surface area contributed by atoms with Gasteiger partial charge in [0.2, 0.25) is 0 Å². The fourth-order valence-corrected chi connectivity index (χ4v) is 2.52. The third-order valence-corrected chi connectivity index (χ3v) is 3.98. The highest BCUT2D eigenvalue weighted by Gasteiger charge is 2.17. The van der Waals surface area contributed by atoms with Gasteiger partial charge in [0.25, 0.3) is 0 Å². The van der Waals surface area contributed by atoms with Crippen LogP contribution in [-0.2, 0) is 0 Å². The minimum atomic E-state index is 0. The number of allylic oxidation sites excluding steroid dienone is 1. The molecule has 116 valence electrons. The molecule has 0 unspecified atom stereocenters. The number of carbonyl (C=O) groups is 1. The smallest absolute Gasteiger partial charge is 0.159 e. The van der Waals surface area contributed by atoms with Crippen LogP contribution < -0.4 is 4.90 Å². The van der Waals surface area contributed by atoms with Gasteiger partial charge < -0.3 is 4.90 Å². The first-order chi connectivity index (χ1) is 9.60. The Morgan fingerprint density at radius 1 is 1.10 bits per heavy atom. The second kappa shape index (κ2) is 8.20. The molecule has 0 amide bonds. The van der Waals surface area contributed by atoms with Crippen molar-refractivity contribution in [3.8, 4) is 0 Å². The zero-order valence-electron chi connectivity index (χ0n) is 13.1. The van der Waals surface area contributed by atoms with Crippen LogP contribution in [0.15, 0.2) is 35.9 Å². The predicted molar refractivity (Wildman–Crippen MR) is 91.8 cm³/mol. The normalized spacial score (nSPS) is 16.5. The summed E-state index contributed by atoms with van der Waals surface area (Å²) >= 11 is 0. The second-order valence-electron chi connectivity index (χ2n) is 5.50. The minimum Gasteiger partial charge on any atom is -0.369 e. The number of ketones is 1. The molecule has 2 rings (SSSR count). The SMILES string of the molecule is CC=C(C)CN1CCN(c2ccc(C(C)=O)cc2)CC1.Cl. The van der Waals surface area contributed by atoms with Gasteiger partial charge in [-0.3, -0.25) is 9.69 Å². The molecule has 4 heteroatoms. The highest BCUT2D eigenvalue weighted by molar-refractivity contribution is 5.94. The maximum atomic E-state index is 11.3. The molecule has 1 saturated heterocycles. The molecule has 1 aromatic rings. The zero-order valence-corrected chi connectivity index (χ0v) is 13.9. The Morgan fingerprint density at radius 3 is 2.14 bits per heavy atom. The average molecular weight is 309 g/mol. The predicted octanol–water partition coefficient (Wildman–Crippen LogP) is 3.40. The number of rotatable bonds is 4. The Kier molecular flexibility index (Phi) is 6.93. The number of carbonyl (C=O) groups excluding carboxylic acids is 1. The summed E-state index contributed by atoms with van der Waals surface area (Å²) in [6.45, 7) is 11.3. The van der Waals surface area contributed by atoms with Crippen molar-refractivity contribution in [1.29, 1.82) is 0 Å². The molecule has 1 aliphatic heterocycles. The lowest BCUT2D eigenvalue weighted by molar-refractivity contribution is 0.101. The molecule has 0 N–H and O–H groups in total. The number of piperazine rings is 1. The summed E-state index contributed by atoms with van der Waals surface area (Å²) in [6, 6.07) is 7.97. The van der Waals surface area contributed by atoms with Gasteiger partial charge in [-0.1, -0.05) is 11.6 Å². The summed E-state index contributed by atoms with van der Waals surface area (Å²) in [6.07, 6.45) is 2.19. The second-order valence-corrected chi connectivity index (χ2v) is 5.50. The van der Waals surface area contributed by atoms with Gasteiger partial charge in [-0.05, 0) is 45.0 Å². The van der Waals surface area contributed by atoms with Crippen molar-refractivity contribution in [3.05, 3.63) is 41.5 Å². The molecule has 0 aromatic heterocycles. The van der Waals surface area contributed by atoms with Gasteiger partial charge in [0, 0.05) is 44.0 Å². The summed E-state index contributed by atoms with van der Waals surface area (Å²) in [5.74, 6) is 0.128. The summed E-state index contributed by atoms with van der Waals surface area (Å²) in [5, 5.41) is 0. The molecule has 0 atom stereocenters. The van der Waals surface area contributed by atoms with E-state index in [4.69, 9.17) is 0 Å².